The van der Waals surface area contributed by atoms with Gasteiger partial charge in [-0.1, -0.05) is 24.3 Å². The lowest BCUT2D eigenvalue weighted by atomic mass is 10.1. The normalized spacial score (nSPS) is 11.9. The van der Waals surface area contributed by atoms with Crippen molar-refractivity contribution in [1.82, 2.24) is 5.32 Å². The Morgan fingerprint density at radius 3 is 2.83 bits per heavy atom. The predicted molar refractivity (Wildman–Crippen MR) is 65.6 cm³/mol. The van der Waals surface area contributed by atoms with Crippen LogP contribution in [0, 0.1) is 0 Å². The molecule has 5 N–H and O–H groups in total. The van der Waals surface area contributed by atoms with Crippen LogP contribution in [0.5, 0.6) is 0 Å². The highest BCUT2D eigenvalue weighted by molar-refractivity contribution is 5.67. The van der Waals surface area contributed by atoms with E-state index in [-0.39, 0.29) is 6.61 Å². The van der Waals surface area contributed by atoms with Gasteiger partial charge in [-0.2, -0.15) is 0 Å². The second-order valence-electron chi connectivity index (χ2n) is 3.81. The Morgan fingerprint density at radius 2 is 2.17 bits per heavy atom. The van der Waals surface area contributed by atoms with Gasteiger partial charge in [0.2, 0.25) is 0 Å². The first-order valence-corrected chi connectivity index (χ1v) is 5.63. The summed E-state index contributed by atoms with van der Waals surface area (Å²) in [6.45, 7) is 0.0971. The van der Waals surface area contributed by atoms with E-state index < -0.39 is 18.8 Å². The van der Waals surface area contributed by atoms with Crippen LogP contribution in [-0.2, 0) is 17.8 Å². The van der Waals surface area contributed by atoms with E-state index in [1.54, 1.807) is 0 Å². The van der Waals surface area contributed by atoms with Crippen molar-refractivity contribution in [3.63, 3.8) is 0 Å². The van der Waals surface area contributed by atoms with Crippen molar-refractivity contribution >= 4 is 6.09 Å². The number of hydrogen-bond donors (Lipinski definition) is 4. The Bertz CT molecular complexity index is 384. The summed E-state index contributed by atoms with van der Waals surface area (Å²) in [7, 11) is 0. The average Bonchev–Trinajstić information content (AvgIpc) is 2.42. The van der Waals surface area contributed by atoms with Crippen LogP contribution in [0.4, 0.5) is 4.79 Å². The summed E-state index contributed by atoms with van der Waals surface area (Å²) in [5.41, 5.74) is 7.41. The van der Waals surface area contributed by atoms with Gasteiger partial charge in [-0.05, 0) is 11.1 Å². The molecular formula is C12H18N2O4. The first-order valence-electron chi connectivity index (χ1n) is 5.63. The second-order valence-corrected chi connectivity index (χ2v) is 3.81. The minimum atomic E-state index is -1.05. The minimum Gasteiger partial charge on any atom is -0.447 e. The SMILES string of the molecule is NCc1cccc(CNC(=O)OCC(O)CO)c1. The molecule has 100 valence electrons. The van der Waals surface area contributed by atoms with Crippen LogP contribution in [0.2, 0.25) is 0 Å². The van der Waals surface area contributed by atoms with Gasteiger partial charge in [0, 0.05) is 13.1 Å². The second kappa shape index (κ2) is 7.65. The fourth-order valence-electron chi connectivity index (χ4n) is 1.32. The van der Waals surface area contributed by atoms with Crippen LogP contribution in [-0.4, -0.2) is 35.6 Å². The van der Waals surface area contributed by atoms with Crippen LogP contribution in [0.3, 0.4) is 0 Å². The summed E-state index contributed by atoms with van der Waals surface area (Å²) in [5, 5.41) is 20.1. The maximum absolute atomic E-state index is 11.2. The van der Waals surface area contributed by atoms with Crippen molar-refractivity contribution in [1.29, 1.82) is 0 Å². The summed E-state index contributed by atoms with van der Waals surface area (Å²) < 4.78 is 4.69. The Morgan fingerprint density at radius 1 is 1.44 bits per heavy atom. The van der Waals surface area contributed by atoms with E-state index >= 15 is 0 Å². The maximum atomic E-state index is 11.2. The molecule has 0 aliphatic heterocycles. The number of rotatable bonds is 6. The third-order valence-corrected chi connectivity index (χ3v) is 2.28. The molecular weight excluding hydrogens is 236 g/mol. The summed E-state index contributed by atoms with van der Waals surface area (Å²) in [6.07, 6.45) is -1.68. The zero-order valence-corrected chi connectivity index (χ0v) is 10.0. The molecule has 0 radical (unpaired) electrons. The highest BCUT2D eigenvalue weighted by atomic mass is 16.6. The van der Waals surface area contributed by atoms with E-state index in [9.17, 15) is 4.79 Å². The fourth-order valence-corrected chi connectivity index (χ4v) is 1.32. The van der Waals surface area contributed by atoms with Gasteiger partial charge >= 0.3 is 6.09 Å². The van der Waals surface area contributed by atoms with Crippen molar-refractivity contribution < 1.29 is 19.7 Å². The Labute approximate surface area is 105 Å². The third-order valence-electron chi connectivity index (χ3n) is 2.28. The van der Waals surface area contributed by atoms with Gasteiger partial charge in [0.15, 0.2) is 0 Å². The van der Waals surface area contributed by atoms with Crippen molar-refractivity contribution in [2.24, 2.45) is 5.73 Å². The Balaban J connectivity index is 2.33. The van der Waals surface area contributed by atoms with E-state index in [2.05, 4.69) is 10.1 Å². The van der Waals surface area contributed by atoms with Gasteiger partial charge in [0.1, 0.15) is 12.7 Å². The average molecular weight is 254 g/mol. The lowest BCUT2D eigenvalue weighted by Gasteiger charge is -2.10. The number of carbonyl (C=O) groups is 1. The van der Waals surface area contributed by atoms with Crippen LogP contribution in [0.15, 0.2) is 24.3 Å². The number of nitrogens with one attached hydrogen (secondary N) is 1. The van der Waals surface area contributed by atoms with Crippen LogP contribution in [0.1, 0.15) is 11.1 Å². The zero-order chi connectivity index (χ0) is 13.4. The highest BCUT2D eigenvalue weighted by Crippen LogP contribution is 2.04. The molecule has 18 heavy (non-hydrogen) atoms. The number of ether oxygens (including phenoxy) is 1. The van der Waals surface area contributed by atoms with Crippen LogP contribution >= 0.6 is 0 Å². The minimum absolute atomic E-state index is 0.231. The van der Waals surface area contributed by atoms with Crippen molar-refractivity contribution in [2.45, 2.75) is 19.2 Å². The molecule has 6 heteroatoms. The lowest BCUT2D eigenvalue weighted by Crippen LogP contribution is -2.29. The van der Waals surface area contributed by atoms with E-state index in [4.69, 9.17) is 15.9 Å². The maximum Gasteiger partial charge on any atom is 0.407 e. The summed E-state index contributed by atoms with van der Waals surface area (Å²) in [5.74, 6) is 0. The molecule has 0 saturated heterocycles. The molecule has 0 saturated carbocycles. The van der Waals surface area contributed by atoms with Crippen molar-refractivity contribution in [3.8, 4) is 0 Å². The van der Waals surface area contributed by atoms with Gasteiger partial charge < -0.3 is 26.0 Å². The van der Waals surface area contributed by atoms with Gasteiger partial charge in [-0.3, -0.25) is 0 Å². The number of aliphatic hydroxyl groups excluding tert-OH is 2. The van der Waals surface area contributed by atoms with Gasteiger partial charge in [-0.25, -0.2) is 4.79 Å². The quantitative estimate of drug-likeness (QED) is 0.559. The smallest absolute Gasteiger partial charge is 0.407 e. The molecule has 6 nitrogen and oxygen atoms in total. The molecule has 0 bridgehead atoms. The number of carbonyl (C=O) groups excluding carboxylic acids is 1. The standard InChI is InChI=1S/C12H18N2O4/c13-5-9-2-1-3-10(4-9)6-14-12(17)18-8-11(16)7-15/h1-4,11,15-16H,5-8,13H2,(H,14,17). The Kier molecular flexibility index (Phi) is 6.13. The molecule has 0 aromatic heterocycles. The number of hydrogen-bond acceptors (Lipinski definition) is 5. The fraction of sp³-hybridized carbons (Fsp3) is 0.417. The predicted octanol–water partition coefficient (Wildman–Crippen LogP) is -0.275. The molecule has 1 unspecified atom stereocenters. The molecule has 1 aromatic rings. The number of nitrogens with two attached hydrogens (primary N) is 1. The van der Waals surface area contributed by atoms with E-state index in [0.29, 0.717) is 13.1 Å². The zero-order valence-electron chi connectivity index (χ0n) is 10.0. The van der Waals surface area contributed by atoms with E-state index in [1.165, 1.54) is 0 Å². The van der Waals surface area contributed by atoms with Crippen LogP contribution < -0.4 is 11.1 Å². The molecule has 1 aromatic carbocycles. The summed E-state index contributed by atoms with van der Waals surface area (Å²) in [6, 6.07) is 7.52. The first-order chi connectivity index (χ1) is 8.65. The van der Waals surface area contributed by atoms with Gasteiger partial charge in [0.25, 0.3) is 0 Å². The van der Waals surface area contributed by atoms with Crippen molar-refractivity contribution in [2.75, 3.05) is 13.2 Å². The topological polar surface area (TPSA) is 105 Å². The van der Waals surface area contributed by atoms with Crippen LogP contribution in [0.25, 0.3) is 0 Å². The Hall–Kier alpha value is -1.63. The number of benzene rings is 1. The monoisotopic (exact) mass is 254 g/mol. The highest BCUT2D eigenvalue weighted by Gasteiger charge is 2.07. The van der Waals surface area contributed by atoms with E-state index in [1.807, 2.05) is 24.3 Å². The largest absolute Gasteiger partial charge is 0.447 e. The molecule has 1 amide bonds. The molecule has 0 heterocycles. The summed E-state index contributed by atoms with van der Waals surface area (Å²) in [4.78, 5) is 11.2. The number of amides is 1. The van der Waals surface area contributed by atoms with E-state index in [0.717, 1.165) is 11.1 Å². The number of alkyl carbamates (subject to hydrolysis) is 1. The van der Waals surface area contributed by atoms with Gasteiger partial charge in [0.05, 0.1) is 6.61 Å². The first kappa shape index (κ1) is 14.4. The lowest BCUT2D eigenvalue weighted by molar-refractivity contribution is 0.0320. The molecule has 1 atom stereocenters. The van der Waals surface area contributed by atoms with Gasteiger partial charge in [-0.15, -0.1) is 0 Å². The molecule has 0 spiro atoms. The molecule has 0 fully saturated rings. The number of aliphatic hydroxyl groups is 2. The molecule has 1 rings (SSSR count). The summed E-state index contributed by atoms with van der Waals surface area (Å²) >= 11 is 0. The molecule has 0 aliphatic carbocycles. The van der Waals surface area contributed by atoms with Crippen molar-refractivity contribution in [3.05, 3.63) is 35.4 Å². The third kappa shape index (κ3) is 5.13. The molecule has 0 aliphatic rings.